The number of nitrogens with one attached hydrogen (secondary N) is 1. The summed E-state index contributed by atoms with van der Waals surface area (Å²) in [5.41, 5.74) is 1.69. The van der Waals surface area contributed by atoms with Gasteiger partial charge in [0.15, 0.2) is 0 Å². The minimum absolute atomic E-state index is 0.0149. The summed E-state index contributed by atoms with van der Waals surface area (Å²) in [6, 6.07) is 7.77. The molecule has 1 aliphatic heterocycles. The highest BCUT2D eigenvalue weighted by molar-refractivity contribution is 7.08. The average Bonchev–Trinajstić information content (AvgIpc) is 2.85. The first-order valence-electron chi connectivity index (χ1n) is 6.07. The van der Waals surface area contributed by atoms with E-state index in [0.717, 1.165) is 29.3 Å². The Morgan fingerprint density at radius 1 is 1.47 bits per heavy atom. The molecule has 19 heavy (non-hydrogen) atoms. The molecule has 0 saturated heterocycles. The Kier molecular flexibility index (Phi) is 3.16. The Balaban J connectivity index is 1.82. The van der Waals surface area contributed by atoms with Gasteiger partial charge < -0.3 is 10.1 Å². The minimum atomic E-state index is -0.116. The molecule has 1 aliphatic rings. The summed E-state index contributed by atoms with van der Waals surface area (Å²) in [5, 5.41) is 6.89. The third kappa shape index (κ3) is 2.31. The van der Waals surface area contributed by atoms with E-state index in [1.54, 1.807) is 6.92 Å². The van der Waals surface area contributed by atoms with Gasteiger partial charge >= 0.3 is 0 Å². The summed E-state index contributed by atoms with van der Waals surface area (Å²) < 4.78 is 9.36. The molecule has 1 N–H and O–H groups in total. The van der Waals surface area contributed by atoms with Crippen LogP contribution < -0.4 is 10.1 Å². The first-order valence-corrected chi connectivity index (χ1v) is 6.84. The van der Waals surface area contributed by atoms with Crippen LogP contribution in [0.4, 0.5) is 0 Å². The van der Waals surface area contributed by atoms with Gasteiger partial charge in [-0.25, -0.2) is 0 Å². The Morgan fingerprint density at radius 2 is 2.32 bits per heavy atom. The molecule has 0 fully saturated rings. The number of ether oxygens (including phenoxy) is 1. The molecule has 98 valence electrons. The fraction of sp³-hybridized carbons (Fsp3) is 0.308. The predicted molar refractivity (Wildman–Crippen MR) is 71.4 cm³/mol. The Morgan fingerprint density at radius 3 is 3.11 bits per heavy atom. The molecule has 0 bridgehead atoms. The number of rotatable bonds is 2. The topological polar surface area (TPSA) is 64.1 Å². The lowest BCUT2D eigenvalue weighted by Gasteiger charge is -2.26. The van der Waals surface area contributed by atoms with Gasteiger partial charge in [-0.2, -0.15) is 0 Å². The van der Waals surface area contributed by atoms with E-state index in [4.69, 9.17) is 4.74 Å². The van der Waals surface area contributed by atoms with Crippen LogP contribution in [0.3, 0.4) is 0 Å². The van der Waals surface area contributed by atoms with Crippen molar-refractivity contribution in [3.8, 4) is 5.75 Å². The Hall–Kier alpha value is -1.95. The molecule has 5 nitrogen and oxygen atoms in total. The minimum Gasteiger partial charge on any atom is -0.493 e. The van der Waals surface area contributed by atoms with Crippen LogP contribution in [0, 0.1) is 6.92 Å². The average molecular weight is 275 g/mol. The number of para-hydroxylation sites is 1. The van der Waals surface area contributed by atoms with E-state index in [-0.39, 0.29) is 11.9 Å². The fourth-order valence-electron chi connectivity index (χ4n) is 2.16. The van der Waals surface area contributed by atoms with E-state index >= 15 is 0 Å². The maximum absolute atomic E-state index is 12.2. The summed E-state index contributed by atoms with van der Waals surface area (Å²) >= 11 is 1.12. The van der Waals surface area contributed by atoms with Gasteiger partial charge in [0.25, 0.3) is 5.91 Å². The molecule has 3 rings (SSSR count). The number of carbonyl (C=O) groups excluding carboxylic acids is 1. The maximum atomic E-state index is 12.2. The van der Waals surface area contributed by atoms with Gasteiger partial charge in [0.05, 0.1) is 18.3 Å². The van der Waals surface area contributed by atoms with E-state index in [9.17, 15) is 4.79 Å². The van der Waals surface area contributed by atoms with Crippen molar-refractivity contribution in [2.24, 2.45) is 0 Å². The molecule has 0 saturated carbocycles. The van der Waals surface area contributed by atoms with Crippen LogP contribution in [0.15, 0.2) is 24.3 Å². The summed E-state index contributed by atoms with van der Waals surface area (Å²) in [5.74, 6) is 0.729. The fourth-order valence-corrected chi connectivity index (χ4v) is 2.72. The molecule has 6 heteroatoms. The quantitative estimate of drug-likeness (QED) is 0.911. The summed E-state index contributed by atoms with van der Waals surface area (Å²) in [4.78, 5) is 12.8. The molecule has 1 amide bonds. The highest BCUT2D eigenvalue weighted by Gasteiger charge is 2.24. The molecule has 1 unspecified atom stereocenters. The van der Waals surface area contributed by atoms with Crippen molar-refractivity contribution in [3.05, 3.63) is 40.4 Å². The molecule has 0 spiro atoms. The standard InChI is InChI=1S/C13H13N3O2S/c1-8-12(19-16-15-8)13(17)14-10-6-7-18-11-5-3-2-4-9(10)11/h2-5,10H,6-7H2,1H3,(H,14,17). The largest absolute Gasteiger partial charge is 0.493 e. The number of aromatic nitrogens is 2. The van der Waals surface area contributed by atoms with Crippen molar-refractivity contribution < 1.29 is 9.53 Å². The van der Waals surface area contributed by atoms with Gasteiger partial charge in [0, 0.05) is 12.0 Å². The molecule has 1 aromatic carbocycles. The Labute approximate surface area is 114 Å². The molecule has 1 aromatic heterocycles. The summed E-state index contributed by atoms with van der Waals surface area (Å²) in [7, 11) is 0. The number of nitrogens with zero attached hydrogens (tertiary/aromatic N) is 2. The number of aryl methyl sites for hydroxylation is 1. The zero-order valence-corrected chi connectivity index (χ0v) is 11.2. The zero-order valence-electron chi connectivity index (χ0n) is 10.4. The first-order chi connectivity index (χ1) is 9.25. The number of amides is 1. The highest BCUT2D eigenvalue weighted by atomic mass is 32.1. The van der Waals surface area contributed by atoms with Crippen LogP contribution in [0.2, 0.25) is 0 Å². The van der Waals surface area contributed by atoms with Crippen molar-refractivity contribution in [3.63, 3.8) is 0 Å². The molecule has 2 aromatic rings. The second-order valence-electron chi connectivity index (χ2n) is 4.39. The van der Waals surface area contributed by atoms with E-state index in [1.165, 1.54) is 0 Å². The van der Waals surface area contributed by atoms with E-state index < -0.39 is 0 Å². The van der Waals surface area contributed by atoms with Crippen molar-refractivity contribution >= 4 is 17.4 Å². The van der Waals surface area contributed by atoms with Gasteiger partial charge in [-0.15, -0.1) is 5.10 Å². The van der Waals surface area contributed by atoms with Gasteiger partial charge in [-0.1, -0.05) is 22.7 Å². The van der Waals surface area contributed by atoms with Crippen LogP contribution in [-0.4, -0.2) is 22.1 Å². The molecular formula is C13H13N3O2S. The van der Waals surface area contributed by atoms with Crippen LogP contribution in [0.25, 0.3) is 0 Å². The number of benzene rings is 1. The van der Waals surface area contributed by atoms with Crippen LogP contribution in [0.1, 0.15) is 33.4 Å². The number of hydrogen-bond donors (Lipinski definition) is 1. The normalized spacial score (nSPS) is 17.4. The van der Waals surface area contributed by atoms with Gasteiger partial charge in [0.1, 0.15) is 10.6 Å². The van der Waals surface area contributed by atoms with E-state index in [2.05, 4.69) is 14.9 Å². The van der Waals surface area contributed by atoms with Crippen molar-refractivity contribution in [1.29, 1.82) is 0 Å². The van der Waals surface area contributed by atoms with Crippen LogP contribution in [0.5, 0.6) is 5.75 Å². The second kappa shape index (κ2) is 4.97. The van der Waals surface area contributed by atoms with Crippen LogP contribution >= 0.6 is 11.5 Å². The maximum Gasteiger partial charge on any atom is 0.265 e. The SMILES string of the molecule is Cc1nnsc1C(=O)NC1CCOc2ccccc21. The van der Waals surface area contributed by atoms with Gasteiger partial charge in [-0.05, 0) is 24.5 Å². The van der Waals surface area contributed by atoms with Crippen LogP contribution in [-0.2, 0) is 0 Å². The molecule has 0 aliphatic carbocycles. The number of fused-ring (bicyclic) bond motifs is 1. The van der Waals surface area contributed by atoms with Gasteiger partial charge in [0.2, 0.25) is 0 Å². The molecule has 0 radical (unpaired) electrons. The number of hydrogen-bond acceptors (Lipinski definition) is 5. The Bertz CT molecular complexity index is 611. The molecule has 2 heterocycles. The summed E-state index contributed by atoms with van der Waals surface area (Å²) in [6.07, 6.45) is 0.772. The van der Waals surface area contributed by atoms with Gasteiger partial charge in [-0.3, -0.25) is 4.79 Å². The smallest absolute Gasteiger partial charge is 0.265 e. The lowest BCUT2D eigenvalue weighted by Crippen LogP contribution is -2.32. The molecular weight excluding hydrogens is 262 g/mol. The third-order valence-electron chi connectivity index (χ3n) is 3.12. The highest BCUT2D eigenvalue weighted by Crippen LogP contribution is 2.31. The first kappa shape index (κ1) is 12.1. The van der Waals surface area contributed by atoms with Crippen molar-refractivity contribution in [1.82, 2.24) is 14.9 Å². The lowest BCUT2D eigenvalue weighted by atomic mass is 10.0. The number of carbonyl (C=O) groups is 1. The van der Waals surface area contributed by atoms with E-state index in [1.807, 2.05) is 24.3 Å². The monoisotopic (exact) mass is 275 g/mol. The zero-order chi connectivity index (χ0) is 13.2. The lowest BCUT2D eigenvalue weighted by molar-refractivity contribution is 0.0928. The molecule has 1 atom stereocenters. The predicted octanol–water partition coefficient (Wildman–Crippen LogP) is 2.10. The summed E-state index contributed by atoms with van der Waals surface area (Å²) in [6.45, 7) is 2.40. The third-order valence-corrected chi connectivity index (χ3v) is 3.95. The van der Waals surface area contributed by atoms with Crippen molar-refractivity contribution in [2.75, 3.05) is 6.61 Å². The van der Waals surface area contributed by atoms with Crippen molar-refractivity contribution in [2.45, 2.75) is 19.4 Å². The van der Waals surface area contributed by atoms with E-state index in [0.29, 0.717) is 17.2 Å². The second-order valence-corrected chi connectivity index (χ2v) is 5.14.